The van der Waals surface area contributed by atoms with Gasteiger partial charge in [0.25, 0.3) is 5.91 Å². The van der Waals surface area contributed by atoms with Crippen molar-refractivity contribution in [3.63, 3.8) is 0 Å². The lowest BCUT2D eigenvalue weighted by Gasteiger charge is -2.30. The first-order chi connectivity index (χ1) is 17.1. The summed E-state index contributed by atoms with van der Waals surface area (Å²) >= 11 is 0. The van der Waals surface area contributed by atoms with Crippen molar-refractivity contribution in [3.8, 4) is 0 Å². The van der Waals surface area contributed by atoms with Crippen LogP contribution >= 0.6 is 0 Å². The number of carbonyl (C=O) groups excluding carboxylic acids is 1. The molecule has 0 unspecified atom stereocenters. The molecule has 0 radical (unpaired) electrons. The molecule has 0 spiro atoms. The van der Waals surface area contributed by atoms with E-state index < -0.39 is 0 Å². The van der Waals surface area contributed by atoms with Crippen LogP contribution in [-0.2, 0) is 11.3 Å². The zero-order chi connectivity index (χ0) is 24.5. The molecule has 1 amide bonds. The summed E-state index contributed by atoms with van der Waals surface area (Å²) in [6.07, 6.45) is 7.32. The standard InChI is InChI=1S/C26H33N7O2/c1-20(30-25-8-4-11-28-25)33(13-5-12-32-14-16-35-17-15-32)19-21-9-10-24(29-18-21)26(34)31-23-7-3-2-6-22(23)27/h2-4,6-7,9-11,18H,1,5,8,12-17,19,27H2,(H,28,30)(H,31,34). The molecule has 0 atom stereocenters. The summed E-state index contributed by atoms with van der Waals surface area (Å²) in [6, 6.07) is 10.8. The van der Waals surface area contributed by atoms with Gasteiger partial charge in [0.1, 0.15) is 11.5 Å². The fourth-order valence-corrected chi connectivity index (χ4v) is 3.98. The number of nitrogens with zero attached hydrogens (tertiary/aromatic N) is 4. The summed E-state index contributed by atoms with van der Waals surface area (Å²) in [7, 11) is 0. The van der Waals surface area contributed by atoms with E-state index in [1.54, 1.807) is 30.6 Å². The Kier molecular flexibility index (Phi) is 8.48. The molecule has 0 aliphatic carbocycles. The second kappa shape index (κ2) is 12.1. The predicted molar refractivity (Wildman–Crippen MR) is 139 cm³/mol. The highest BCUT2D eigenvalue weighted by Gasteiger charge is 2.15. The molecule has 2 aromatic rings. The number of hydrogen-bond donors (Lipinski definition) is 3. The van der Waals surface area contributed by atoms with Crippen LogP contribution in [-0.4, -0.2) is 65.9 Å². The maximum Gasteiger partial charge on any atom is 0.274 e. The molecular weight excluding hydrogens is 442 g/mol. The van der Waals surface area contributed by atoms with Crippen molar-refractivity contribution in [1.29, 1.82) is 0 Å². The molecule has 1 aromatic heterocycles. The van der Waals surface area contributed by atoms with Gasteiger partial charge in [-0.05, 0) is 30.2 Å². The number of rotatable bonds is 10. The molecule has 1 aromatic carbocycles. The molecule has 184 valence electrons. The molecule has 1 saturated heterocycles. The Morgan fingerprint density at radius 3 is 2.71 bits per heavy atom. The number of aliphatic imine (C=N–C) groups is 1. The van der Waals surface area contributed by atoms with Crippen LogP contribution in [0.15, 0.2) is 72.3 Å². The lowest BCUT2D eigenvalue weighted by molar-refractivity contribution is 0.0364. The van der Waals surface area contributed by atoms with E-state index in [0.29, 0.717) is 23.6 Å². The van der Waals surface area contributed by atoms with Crippen molar-refractivity contribution in [3.05, 3.63) is 78.5 Å². The smallest absolute Gasteiger partial charge is 0.274 e. The van der Waals surface area contributed by atoms with Crippen molar-refractivity contribution in [1.82, 2.24) is 20.1 Å². The van der Waals surface area contributed by atoms with Crippen molar-refractivity contribution >= 4 is 23.1 Å². The second-order valence-electron chi connectivity index (χ2n) is 8.56. The Labute approximate surface area is 206 Å². The first-order valence-corrected chi connectivity index (χ1v) is 11.9. The highest BCUT2D eigenvalue weighted by atomic mass is 16.5. The molecule has 2 aliphatic heterocycles. The van der Waals surface area contributed by atoms with Gasteiger partial charge in [0.15, 0.2) is 0 Å². The van der Waals surface area contributed by atoms with Crippen LogP contribution in [0, 0.1) is 0 Å². The van der Waals surface area contributed by atoms with E-state index >= 15 is 0 Å². The van der Waals surface area contributed by atoms with Crippen LogP contribution in [0.4, 0.5) is 11.4 Å². The molecule has 0 saturated carbocycles. The Morgan fingerprint density at radius 1 is 1.17 bits per heavy atom. The van der Waals surface area contributed by atoms with E-state index in [2.05, 4.69) is 37.0 Å². The molecule has 1 fully saturated rings. The van der Waals surface area contributed by atoms with E-state index in [-0.39, 0.29) is 5.91 Å². The largest absolute Gasteiger partial charge is 0.397 e. The maximum absolute atomic E-state index is 12.6. The number of aromatic nitrogens is 1. The van der Waals surface area contributed by atoms with Crippen LogP contribution in [0.2, 0.25) is 0 Å². The van der Waals surface area contributed by atoms with E-state index in [1.165, 1.54) is 0 Å². The zero-order valence-electron chi connectivity index (χ0n) is 19.9. The number of ether oxygens (including phenoxy) is 1. The summed E-state index contributed by atoms with van der Waals surface area (Å²) in [5.74, 6) is 1.39. The van der Waals surface area contributed by atoms with Gasteiger partial charge in [0, 0.05) is 51.5 Å². The van der Waals surface area contributed by atoms with E-state index in [9.17, 15) is 4.79 Å². The highest BCUT2D eigenvalue weighted by molar-refractivity contribution is 6.04. The number of pyridine rings is 1. The van der Waals surface area contributed by atoms with Gasteiger partial charge in [0.2, 0.25) is 0 Å². The second-order valence-corrected chi connectivity index (χ2v) is 8.56. The molecule has 0 bridgehead atoms. The van der Waals surface area contributed by atoms with E-state index in [0.717, 1.165) is 69.5 Å². The number of morpholine rings is 1. The molecule has 4 N–H and O–H groups in total. The molecule has 9 heteroatoms. The van der Waals surface area contributed by atoms with Crippen LogP contribution in [0.5, 0.6) is 0 Å². The van der Waals surface area contributed by atoms with Crippen molar-refractivity contribution < 1.29 is 9.53 Å². The minimum Gasteiger partial charge on any atom is -0.397 e. The van der Waals surface area contributed by atoms with Crippen LogP contribution < -0.4 is 16.4 Å². The number of hydrogen-bond acceptors (Lipinski definition) is 8. The van der Waals surface area contributed by atoms with Gasteiger partial charge in [-0.15, -0.1) is 0 Å². The first-order valence-electron chi connectivity index (χ1n) is 11.9. The summed E-state index contributed by atoms with van der Waals surface area (Å²) in [4.78, 5) is 26.0. The number of para-hydroxylation sites is 2. The number of nitrogen functional groups attached to an aromatic ring is 1. The van der Waals surface area contributed by atoms with Crippen LogP contribution in [0.1, 0.15) is 28.9 Å². The van der Waals surface area contributed by atoms with Gasteiger partial charge < -0.3 is 26.0 Å². The van der Waals surface area contributed by atoms with Crippen molar-refractivity contribution in [2.45, 2.75) is 19.4 Å². The lowest BCUT2D eigenvalue weighted by Crippen LogP contribution is -2.39. The van der Waals surface area contributed by atoms with Gasteiger partial charge in [0.05, 0.1) is 30.4 Å². The summed E-state index contributed by atoms with van der Waals surface area (Å²) in [5, 5.41) is 6.15. The van der Waals surface area contributed by atoms with Gasteiger partial charge >= 0.3 is 0 Å². The van der Waals surface area contributed by atoms with Crippen molar-refractivity contribution in [2.24, 2.45) is 4.99 Å². The minimum atomic E-state index is -0.297. The molecule has 4 rings (SSSR count). The molecule has 2 aliphatic rings. The SMILES string of the molecule is C=C(NC1=NC=CC1)N(CCCN1CCOCC1)Cc1ccc(C(=O)Nc2ccccc2N)nc1. The number of nitrogens with two attached hydrogens (primary N) is 1. The number of nitrogens with one attached hydrogen (secondary N) is 2. The van der Waals surface area contributed by atoms with E-state index in [4.69, 9.17) is 10.5 Å². The lowest BCUT2D eigenvalue weighted by atomic mass is 10.2. The highest BCUT2D eigenvalue weighted by Crippen LogP contribution is 2.18. The maximum atomic E-state index is 12.6. The predicted octanol–water partition coefficient (Wildman–Crippen LogP) is 2.82. The summed E-state index contributed by atoms with van der Waals surface area (Å²) < 4.78 is 5.45. The first kappa shape index (κ1) is 24.4. The number of benzene rings is 1. The number of anilines is 2. The van der Waals surface area contributed by atoms with Crippen LogP contribution in [0.25, 0.3) is 0 Å². The fraction of sp³-hybridized carbons (Fsp3) is 0.346. The Balaban J connectivity index is 1.36. The average Bonchev–Trinajstić information content (AvgIpc) is 3.39. The van der Waals surface area contributed by atoms with E-state index in [1.807, 2.05) is 24.3 Å². The average molecular weight is 476 g/mol. The third kappa shape index (κ3) is 7.14. The molecular formula is C26H33N7O2. The normalized spacial score (nSPS) is 15.5. The number of carbonyl (C=O) groups is 1. The topological polar surface area (TPSA) is 108 Å². The third-order valence-corrected chi connectivity index (χ3v) is 5.96. The summed E-state index contributed by atoms with van der Waals surface area (Å²) in [5.41, 5.74) is 8.33. The molecule has 9 nitrogen and oxygen atoms in total. The Bertz CT molecular complexity index is 1080. The van der Waals surface area contributed by atoms with Crippen LogP contribution in [0.3, 0.4) is 0 Å². The minimum absolute atomic E-state index is 0.297. The Morgan fingerprint density at radius 2 is 2.00 bits per heavy atom. The fourth-order valence-electron chi connectivity index (χ4n) is 3.98. The monoisotopic (exact) mass is 475 g/mol. The Hall–Kier alpha value is -3.69. The van der Waals surface area contributed by atoms with Gasteiger partial charge in [-0.25, -0.2) is 4.99 Å². The number of amides is 1. The third-order valence-electron chi connectivity index (χ3n) is 5.96. The van der Waals surface area contributed by atoms with Gasteiger partial charge in [-0.3, -0.25) is 14.7 Å². The van der Waals surface area contributed by atoms with Gasteiger partial charge in [-0.2, -0.15) is 0 Å². The number of amidine groups is 1. The molecule has 3 heterocycles. The zero-order valence-corrected chi connectivity index (χ0v) is 19.9. The molecule has 35 heavy (non-hydrogen) atoms. The van der Waals surface area contributed by atoms with Gasteiger partial charge in [-0.1, -0.05) is 30.9 Å². The summed E-state index contributed by atoms with van der Waals surface area (Å²) in [6.45, 7) is 10.3. The quantitative estimate of drug-likeness (QED) is 0.454. The van der Waals surface area contributed by atoms with Crippen molar-refractivity contribution in [2.75, 3.05) is 50.4 Å².